The third-order valence-electron chi connectivity index (χ3n) is 3.38. The van der Waals surface area contributed by atoms with Gasteiger partial charge in [0.05, 0.1) is 0 Å². The lowest BCUT2D eigenvalue weighted by atomic mass is 9.98. The molecule has 0 aliphatic heterocycles. The number of carboxylic acid groups (broad SMARTS) is 1. The van der Waals surface area contributed by atoms with E-state index in [9.17, 15) is 14.7 Å². The summed E-state index contributed by atoms with van der Waals surface area (Å²) >= 11 is 0. The molecule has 0 heterocycles. The molecule has 0 aliphatic carbocycles. The lowest BCUT2D eigenvalue weighted by Crippen LogP contribution is -2.42. The van der Waals surface area contributed by atoms with Crippen molar-refractivity contribution in [3.63, 3.8) is 0 Å². The van der Waals surface area contributed by atoms with E-state index in [2.05, 4.69) is 24.5 Å². The van der Waals surface area contributed by atoms with Gasteiger partial charge in [-0.1, -0.05) is 51.1 Å². The molecule has 2 amide bonds. The topological polar surface area (TPSA) is 78.4 Å². The number of hydrogen-bond acceptors (Lipinski definition) is 2. The fourth-order valence-corrected chi connectivity index (χ4v) is 1.60. The summed E-state index contributed by atoms with van der Waals surface area (Å²) in [6.45, 7) is 6.71. The third kappa shape index (κ3) is 4.91. The molecular weight excluding hydrogens is 256 g/mol. The minimum atomic E-state index is -1.08. The molecule has 0 fully saturated rings. The van der Waals surface area contributed by atoms with Gasteiger partial charge in [-0.2, -0.15) is 0 Å². The van der Waals surface area contributed by atoms with Gasteiger partial charge in [-0.15, -0.1) is 0 Å². The first-order valence-electron chi connectivity index (χ1n) is 6.74. The zero-order valence-corrected chi connectivity index (χ0v) is 12.1. The number of aliphatic carboxylic acids is 1. The Balaban J connectivity index is 2.59. The number of amides is 2. The largest absolute Gasteiger partial charge is 0.479 e. The van der Waals surface area contributed by atoms with Crippen molar-refractivity contribution in [3.05, 3.63) is 35.9 Å². The summed E-state index contributed by atoms with van der Waals surface area (Å²) in [4.78, 5) is 23.0. The fraction of sp³-hybridized carbons (Fsp3) is 0.467. The maximum Gasteiger partial charge on any atom is 0.330 e. The Morgan fingerprint density at radius 1 is 1.15 bits per heavy atom. The van der Waals surface area contributed by atoms with Crippen LogP contribution in [0.4, 0.5) is 4.79 Å². The molecule has 2 atom stereocenters. The first-order chi connectivity index (χ1) is 9.41. The predicted octanol–water partition coefficient (Wildman–Crippen LogP) is 2.40. The van der Waals surface area contributed by atoms with Crippen molar-refractivity contribution in [2.24, 2.45) is 11.8 Å². The van der Waals surface area contributed by atoms with E-state index in [0.29, 0.717) is 23.9 Å². The Kier molecular flexibility index (Phi) is 6.03. The molecule has 1 aromatic rings. The lowest BCUT2D eigenvalue weighted by molar-refractivity contribution is -0.139. The summed E-state index contributed by atoms with van der Waals surface area (Å²) in [5.41, 5.74) is 0.548. The number of urea groups is 1. The van der Waals surface area contributed by atoms with Crippen molar-refractivity contribution in [1.29, 1.82) is 0 Å². The van der Waals surface area contributed by atoms with Gasteiger partial charge in [-0.3, -0.25) is 0 Å². The molecule has 20 heavy (non-hydrogen) atoms. The monoisotopic (exact) mass is 278 g/mol. The second kappa shape index (κ2) is 7.53. The second-order valence-corrected chi connectivity index (χ2v) is 5.26. The SMILES string of the molecule is CC(C)C(C)CNC(=O)N[C@H](C(=O)O)c1ccccc1. The van der Waals surface area contributed by atoms with Crippen LogP contribution < -0.4 is 10.6 Å². The zero-order chi connectivity index (χ0) is 15.1. The van der Waals surface area contributed by atoms with Crippen LogP contribution in [0.15, 0.2) is 30.3 Å². The van der Waals surface area contributed by atoms with Crippen LogP contribution in [0.25, 0.3) is 0 Å². The average molecular weight is 278 g/mol. The van der Waals surface area contributed by atoms with Gasteiger partial charge in [0.1, 0.15) is 0 Å². The Morgan fingerprint density at radius 3 is 2.25 bits per heavy atom. The molecule has 0 aromatic heterocycles. The predicted molar refractivity (Wildman–Crippen MR) is 77.4 cm³/mol. The quantitative estimate of drug-likeness (QED) is 0.747. The van der Waals surface area contributed by atoms with Crippen LogP contribution in [0.2, 0.25) is 0 Å². The summed E-state index contributed by atoms with van der Waals surface area (Å²) in [7, 11) is 0. The minimum Gasteiger partial charge on any atom is -0.479 e. The second-order valence-electron chi connectivity index (χ2n) is 5.26. The van der Waals surface area contributed by atoms with Crippen LogP contribution in [0, 0.1) is 11.8 Å². The molecule has 1 unspecified atom stereocenters. The highest BCUT2D eigenvalue weighted by Crippen LogP contribution is 2.12. The van der Waals surface area contributed by atoms with E-state index in [4.69, 9.17) is 0 Å². The number of carbonyl (C=O) groups excluding carboxylic acids is 1. The maximum atomic E-state index is 11.8. The average Bonchev–Trinajstić information content (AvgIpc) is 2.42. The van der Waals surface area contributed by atoms with Gasteiger partial charge in [-0.25, -0.2) is 9.59 Å². The minimum absolute atomic E-state index is 0.334. The van der Waals surface area contributed by atoms with Crippen LogP contribution in [0.1, 0.15) is 32.4 Å². The van der Waals surface area contributed by atoms with Crippen LogP contribution in [-0.4, -0.2) is 23.7 Å². The number of rotatable bonds is 6. The number of carboxylic acids is 1. The Hall–Kier alpha value is -2.04. The number of hydrogen-bond donors (Lipinski definition) is 3. The third-order valence-corrected chi connectivity index (χ3v) is 3.38. The van der Waals surface area contributed by atoms with Crippen LogP contribution in [0.5, 0.6) is 0 Å². The smallest absolute Gasteiger partial charge is 0.330 e. The number of benzene rings is 1. The van der Waals surface area contributed by atoms with E-state index in [0.717, 1.165) is 0 Å². The Bertz CT molecular complexity index is 446. The van der Waals surface area contributed by atoms with Gasteiger partial charge < -0.3 is 15.7 Å². The van der Waals surface area contributed by atoms with E-state index in [1.807, 2.05) is 6.92 Å². The summed E-state index contributed by atoms with van der Waals surface area (Å²) < 4.78 is 0. The molecule has 0 radical (unpaired) electrons. The molecule has 1 aromatic carbocycles. The molecule has 5 nitrogen and oxygen atoms in total. The fourth-order valence-electron chi connectivity index (χ4n) is 1.60. The molecule has 0 saturated heterocycles. The van der Waals surface area contributed by atoms with Crippen molar-refractivity contribution >= 4 is 12.0 Å². The van der Waals surface area contributed by atoms with Gasteiger partial charge in [0.2, 0.25) is 0 Å². The molecule has 3 N–H and O–H groups in total. The first-order valence-corrected chi connectivity index (χ1v) is 6.74. The molecule has 0 saturated carbocycles. The summed E-state index contributed by atoms with van der Waals surface area (Å²) in [6.07, 6.45) is 0. The van der Waals surface area contributed by atoms with E-state index in [-0.39, 0.29) is 0 Å². The van der Waals surface area contributed by atoms with Gasteiger partial charge in [0, 0.05) is 6.54 Å². The van der Waals surface area contributed by atoms with Crippen molar-refractivity contribution in [1.82, 2.24) is 10.6 Å². The molecule has 0 aliphatic rings. The van der Waals surface area contributed by atoms with Gasteiger partial charge in [0.25, 0.3) is 0 Å². The highest BCUT2D eigenvalue weighted by molar-refractivity contribution is 5.83. The molecule has 110 valence electrons. The van der Waals surface area contributed by atoms with E-state index >= 15 is 0 Å². The van der Waals surface area contributed by atoms with Crippen LogP contribution >= 0.6 is 0 Å². The van der Waals surface area contributed by atoms with Crippen molar-refractivity contribution in [2.75, 3.05) is 6.54 Å². The molecule has 0 bridgehead atoms. The molecule has 0 spiro atoms. The van der Waals surface area contributed by atoms with Crippen molar-refractivity contribution in [3.8, 4) is 0 Å². The Morgan fingerprint density at radius 2 is 1.75 bits per heavy atom. The highest BCUT2D eigenvalue weighted by Gasteiger charge is 2.21. The summed E-state index contributed by atoms with van der Waals surface area (Å²) in [5.74, 6) is -0.288. The van der Waals surface area contributed by atoms with Gasteiger partial charge in [-0.05, 0) is 17.4 Å². The maximum absolute atomic E-state index is 11.8. The number of carbonyl (C=O) groups is 2. The van der Waals surface area contributed by atoms with E-state index < -0.39 is 18.0 Å². The zero-order valence-electron chi connectivity index (χ0n) is 12.1. The summed E-state index contributed by atoms with van der Waals surface area (Å²) in [5, 5.41) is 14.4. The molecule has 1 rings (SSSR count). The normalized spacial score (nSPS) is 13.6. The van der Waals surface area contributed by atoms with Crippen molar-refractivity contribution < 1.29 is 14.7 Å². The van der Waals surface area contributed by atoms with Gasteiger partial charge >= 0.3 is 12.0 Å². The first kappa shape index (κ1) is 16.0. The number of nitrogens with one attached hydrogen (secondary N) is 2. The van der Waals surface area contributed by atoms with E-state index in [1.165, 1.54) is 0 Å². The Labute approximate surface area is 119 Å². The van der Waals surface area contributed by atoms with Crippen LogP contribution in [-0.2, 0) is 4.79 Å². The molecular formula is C15H22N2O3. The standard InChI is InChI=1S/C15H22N2O3/c1-10(2)11(3)9-16-15(20)17-13(14(18)19)12-7-5-4-6-8-12/h4-8,10-11,13H,9H2,1-3H3,(H,18,19)(H2,16,17,20)/t11?,13-/m0/s1. The molecule has 5 heteroatoms. The lowest BCUT2D eigenvalue weighted by Gasteiger charge is -2.19. The van der Waals surface area contributed by atoms with E-state index in [1.54, 1.807) is 30.3 Å². The summed E-state index contributed by atoms with van der Waals surface area (Å²) in [6, 6.07) is 7.13. The highest BCUT2D eigenvalue weighted by atomic mass is 16.4. The van der Waals surface area contributed by atoms with Gasteiger partial charge in [0.15, 0.2) is 6.04 Å². The van der Waals surface area contributed by atoms with Crippen molar-refractivity contribution in [2.45, 2.75) is 26.8 Å². The van der Waals surface area contributed by atoms with Crippen LogP contribution in [0.3, 0.4) is 0 Å².